The number of fused-ring (bicyclic) bond motifs is 1. The van der Waals surface area contributed by atoms with Crippen molar-refractivity contribution in [2.75, 3.05) is 19.6 Å². The first kappa shape index (κ1) is 11.3. The molecular formula is C12H18N2O2. The average Bonchev–Trinajstić information content (AvgIpc) is 2.60. The first-order chi connectivity index (χ1) is 7.42. The molecule has 0 aromatic rings. The lowest BCUT2D eigenvalue weighted by molar-refractivity contribution is 0.0267. The molecule has 4 heteroatoms. The highest BCUT2D eigenvalue weighted by Crippen LogP contribution is 2.51. The molecule has 1 aliphatic heterocycles. The van der Waals surface area contributed by atoms with Crippen LogP contribution in [-0.4, -0.2) is 36.2 Å². The third kappa shape index (κ3) is 2.13. The van der Waals surface area contributed by atoms with Crippen LogP contribution in [0.4, 0.5) is 4.79 Å². The van der Waals surface area contributed by atoms with E-state index in [1.54, 1.807) is 4.90 Å². The third-order valence-corrected chi connectivity index (χ3v) is 3.33. The van der Waals surface area contributed by atoms with Crippen LogP contribution in [0, 0.1) is 24.3 Å². The summed E-state index contributed by atoms with van der Waals surface area (Å²) in [6.45, 7) is 14.6. The van der Waals surface area contributed by atoms with E-state index in [0.29, 0.717) is 24.3 Å². The normalized spacial score (nSPS) is 31.9. The van der Waals surface area contributed by atoms with Crippen LogP contribution >= 0.6 is 0 Å². The highest BCUT2D eigenvalue weighted by Gasteiger charge is 2.58. The van der Waals surface area contributed by atoms with E-state index in [1.807, 2.05) is 20.8 Å². The Bertz CT molecular complexity index is 328. The second-order valence-electron chi connectivity index (χ2n) is 5.72. The fourth-order valence-corrected chi connectivity index (χ4v) is 2.50. The van der Waals surface area contributed by atoms with Crippen molar-refractivity contribution < 1.29 is 9.53 Å². The number of rotatable bonds is 1. The predicted octanol–water partition coefficient (Wildman–Crippen LogP) is 2.02. The molecule has 2 fully saturated rings. The molecule has 3 atom stereocenters. The van der Waals surface area contributed by atoms with E-state index >= 15 is 0 Å². The Kier molecular flexibility index (Phi) is 2.57. The molecule has 0 N–H and O–H groups in total. The van der Waals surface area contributed by atoms with E-state index < -0.39 is 5.60 Å². The summed E-state index contributed by atoms with van der Waals surface area (Å²) in [4.78, 5) is 16.9. The number of carbonyl (C=O) groups is 1. The van der Waals surface area contributed by atoms with Gasteiger partial charge in [-0.25, -0.2) is 11.4 Å². The van der Waals surface area contributed by atoms with Gasteiger partial charge in [0.05, 0.1) is 0 Å². The minimum absolute atomic E-state index is 0.207. The van der Waals surface area contributed by atoms with Gasteiger partial charge in [0.1, 0.15) is 5.60 Å². The molecule has 1 heterocycles. The summed E-state index contributed by atoms with van der Waals surface area (Å²) < 4.78 is 5.31. The minimum atomic E-state index is -0.417. The number of nitrogens with zero attached hydrogens (tertiary/aromatic N) is 2. The summed E-state index contributed by atoms with van der Waals surface area (Å²) in [5.74, 6) is 1.65. The molecule has 4 nitrogen and oxygen atoms in total. The van der Waals surface area contributed by atoms with Crippen LogP contribution in [0.1, 0.15) is 20.8 Å². The van der Waals surface area contributed by atoms with Crippen molar-refractivity contribution in [3.05, 3.63) is 11.4 Å². The molecule has 0 aromatic heterocycles. The Morgan fingerprint density at radius 2 is 2.00 bits per heavy atom. The summed E-state index contributed by atoms with van der Waals surface area (Å²) in [7, 11) is 0. The Labute approximate surface area is 96.4 Å². The Hall–Kier alpha value is -1.24. The molecule has 2 aliphatic rings. The minimum Gasteiger partial charge on any atom is -0.444 e. The molecule has 1 unspecified atom stereocenters. The fraction of sp³-hybridized carbons (Fsp3) is 0.833. The summed E-state index contributed by atoms with van der Waals surface area (Å²) in [5.41, 5.74) is -0.417. The van der Waals surface area contributed by atoms with Gasteiger partial charge in [0, 0.05) is 19.0 Å². The van der Waals surface area contributed by atoms with Crippen molar-refractivity contribution in [2.45, 2.75) is 26.4 Å². The second-order valence-corrected chi connectivity index (χ2v) is 5.72. The molecule has 0 spiro atoms. The van der Waals surface area contributed by atoms with Gasteiger partial charge in [0.25, 0.3) is 0 Å². The first-order valence-corrected chi connectivity index (χ1v) is 5.73. The van der Waals surface area contributed by atoms with Crippen LogP contribution in [0.2, 0.25) is 0 Å². The molecule has 0 aromatic carbocycles. The van der Waals surface area contributed by atoms with E-state index in [9.17, 15) is 4.79 Å². The van der Waals surface area contributed by atoms with E-state index in [2.05, 4.69) is 4.85 Å². The molecule has 1 saturated heterocycles. The zero-order valence-electron chi connectivity index (χ0n) is 10.1. The molecule has 2 rings (SSSR count). The van der Waals surface area contributed by atoms with E-state index in [0.717, 1.165) is 13.1 Å². The monoisotopic (exact) mass is 222 g/mol. The third-order valence-electron chi connectivity index (χ3n) is 3.33. The van der Waals surface area contributed by atoms with Gasteiger partial charge < -0.3 is 14.5 Å². The summed E-state index contributed by atoms with van der Waals surface area (Å²) in [6.07, 6.45) is -0.207. The molecule has 16 heavy (non-hydrogen) atoms. The standard InChI is InChI=1S/C12H18N2O2/c1-12(2,3)16-11(15)14-6-9-8(5-13-4)10(9)7-14/h8-10H,5-7H2,1-3H3/t8?,9-,10+. The molecule has 1 aliphatic carbocycles. The number of ether oxygens (including phenoxy) is 1. The Morgan fingerprint density at radius 3 is 2.44 bits per heavy atom. The lowest BCUT2D eigenvalue weighted by atomic mass is 10.2. The summed E-state index contributed by atoms with van der Waals surface area (Å²) in [6, 6.07) is 0. The van der Waals surface area contributed by atoms with Gasteiger partial charge in [-0.3, -0.25) is 0 Å². The Morgan fingerprint density at radius 1 is 1.44 bits per heavy atom. The highest BCUT2D eigenvalue weighted by molar-refractivity contribution is 5.69. The summed E-state index contributed by atoms with van der Waals surface area (Å²) >= 11 is 0. The largest absolute Gasteiger partial charge is 0.444 e. The van der Waals surface area contributed by atoms with Crippen LogP contribution in [0.3, 0.4) is 0 Å². The first-order valence-electron chi connectivity index (χ1n) is 5.73. The highest BCUT2D eigenvalue weighted by atomic mass is 16.6. The van der Waals surface area contributed by atoms with Gasteiger partial charge in [-0.05, 0) is 32.6 Å². The number of hydrogen-bond donors (Lipinski definition) is 0. The maximum Gasteiger partial charge on any atom is 0.410 e. The van der Waals surface area contributed by atoms with E-state index in [1.165, 1.54) is 0 Å². The molecule has 1 amide bonds. The lowest BCUT2D eigenvalue weighted by Crippen LogP contribution is -2.37. The van der Waals surface area contributed by atoms with Crippen molar-refractivity contribution in [2.24, 2.45) is 17.8 Å². The van der Waals surface area contributed by atoms with Crippen molar-refractivity contribution >= 4 is 6.09 Å². The SMILES string of the molecule is [C-]#[N+]CC1[C@H]2CN(C(=O)OC(C)(C)C)C[C@@H]12. The molecule has 0 bridgehead atoms. The van der Waals surface area contributed by atoms with Gasteiger partial charge in [0.2, 0.25) is 6.54 Å². The zero-order valence-corrected chi connectivity index (χ0v) is 10.1. The molecule has 88 valence electrons. The second kappa shape index (κ2) is 3.65. The van der Waals surface area contributed by atoms with Crippen LogP contribution in [-0.2, 0) is 4.74 Å². The summed E-state index contributed by atoms with van der Waals surface area (Å²) in [5, 5.41) is 0. The zero-order chi connectivity index (χ0) is 11.9. The van der Waals surface area contributed by atoms with E-state index in [4.69, 9.17) is 11.3 Å². The smallest absolute Gasteiger partial charge is 0.410 e. The molecular weight excluding hydrogens is 204 g/mol. The van der Waals surface area contributed by atoms with Crippen LogP contribution in [0.25, 0.3) is 4.85 Å². The van der Waals surface area contributed by atoms with Gasteiger partial charge in [-0.1, -0.05) is 0 Å². The van der Waals surface area contributed by atoms with Gasteiger partial charge >= 0.3 is 6.09 Å². The van der Waals surface area contributed by atoms with Crippen LogP contribution in [0.15, 0.2) is 0 Å². The topological polar surface area (TPSA) is 33.9 Å². The lowest BCUT2D eigenvalue weighted by Gasteiger charge is -2.25. The maximum absolute atomic E-state index is 11.7. The van der Waals surface area contributed by atoms with E-state index in [-0.39, 0.29) is 6.09 Å². The van der Waals surface area contributed by atoms with Crippen molar-refractivity contribution in [3.8, 4) is 0 Å². The molecule has 1 saturated carbocycles. The van der Waals surface area contributed by atoms with Gasteiger partial charge in [-0.15, -0.1) is 0 Å². The number of carbonyl (C=O) groups excluding carboxylic acids is 1. The fourth-order valence-electron chi connectivity index (χ4n) is 2.50. The number of piperidine rings is 1. The quantitative estimate of drug-likeness (QED) is 0.636. The van der Waals surface area contributed by atoms with Crippen molar-refractivity contribution in [3.63, 3.8) is 0 Å². The number of likely N-dealkylation sites (tertiary alicyclic amines) is 1. The Balaban J connectivity index is 1.81. The predicted molar refractivity (Wildman–Crippen MR) is 59.7 cm³/mol. The maximum atomic E-state index is 11.7. The average molecular weight is 222 g/mol. The molecule has 0 radical (unpaired) electrons. The van der Waals surface area contributed by atoms with Crippen LogP contribution in [0.5, 0.6) is 0 Å². The van der Waals surface area contributed by atoms with Gasteiger partial charge in [0.15, 0.2) is 0 Å². The number of amides is 1. The number of hydrogen-bond acceptors (Lipinski definition) is 2. The van der Waals surface area contributed by atoms with Crippen molar-refractivity contribution in [1.82, 2.24) is 4.90 Å². The van der Waals surface area contributed by atoms with Crippen LogP contribution < -0.4 is 0 Å². The van der Waals surface area contributed by atoms with Gasteiger partial charge in [-0.2, -0.15) is 0 Å². The van der Waals surface area contributed by atoms with Crippen molar-refractivity contribution in [1.29, 1.82) is 0 Å².